The Bertz CT molecular complexity index is 329. The molecule has 0 N–H and O–H groups in total. The molecule has 0 aromatic rings. The molecule has 1 amide bonds. The van der Waals surface area contributed by atoms with Crippen molar-refractivity contribution in [2.75, 3.05) is 13.2 Å². The molecule has 1 aliphatic rings. The van der Waals surface area contributed by atoms with Crippen LogP contribution in [0.25, 0.3) is 0 Å². The first-order valence-corrected chi connectivity index (χ1v) is 5.38. The molecule has 1 aliphatic heterocycles. The summed E-state index contributed by atoms with van der Waals surface area (Å²) >= 11 is 0. The summed E-state index contributed by atoms with van der Waals surface area (Å²) in [5, 5.41) is 5.36. The van der Waals surface area contributed by atoms with E-state index < -0.39 is 5.97 Å². The van der Waals surface area contributed by atoms with Crippen LogP contribution in [0, 0.1) is 5.41 Å². The smallest absolute Gasteiger partial charge is 0.327 e. The van der Waals surface area contributed by atoms with Gasteiger partial charge in [-0.05, 0) is 6.92 Å². The molecular formula is C11H18N2O3. The summed E-state index contributed by atoms with van der Waals surface area (Å²) in [4.78, 5) is 22.8. The summed E-state index contributed by atoms with van der Waals surface area (Å²) in [7, 11) is 0. The predicted octanol–water partition coefficient (Wildman–Crippen LogP) is 1.18. The third-order valence-corrected chi connectivity index (χ3v) is 2.30. The average Bonchev–Trinajstić information content (AvgIpc) is 2.47. The van der Waals surface area contributed by atoms with Gasteiger partial charge in [-0.15, -0.1) is 0 Å². The SMILES string of the molecule is CCOC(=O)CN1N=C(C(C)(C)C)CC1=O. The first-order valence-electron chi connectivity index (χ1n) is 5.38. The highest BCUT2D eigenvalue weighted by atomic mass is 16.5. The molecule has 0 aliphatic carbocycles. The number of hydrogen-bond donors (Lipinski definition) is 0. The molecule has 1 rings (SSSR count). The number of rotatable bonds is 3. The fraction of sp³-hybridized carbons (Fsp3) is 0.727. The van der Waals surface area contributed by atoms with Crippen LogP contribution < -0.4 is 0 Å². The van der Waals surface area contributed by atoms with Gasteiger partial charge >= 0.3 is 5.97 Å². The summed E-state index contributed by atoms with van der Waals surface area (Å²) in [6.45, 7) is 7.93. The zero-order valence-electron chi connectivity index (χ0n) is 10.2. The van der Waals surface area contributed by atoms with E-state index in [2.05, 4.69) is 5.10 Å². The maximum atomic E-state index is 11.6. The van der Waals surface area contributed by atoms with Crippen molar-refractivity contribution in [1.29, 1.82) is 0 Å². The van der Waals surface area contributed by atoms with Gasteiger partial charge in [0.05, 0.1) is 18.7 Å². The first kappa shape index (κ1) is 12.7. The van der Waals surface area contributed by atoms with Crippen molar-refractivity contribution in [3.05, 3.63) is 0 Å². The number of ether oxygens (including phenoxy) is 1. The summed E-state index contributed by atoms with van der Waals surface area (Å²) in [6.07, 6.45) is 0.295. The van der Waals surface area contributed by atoms with Crippen LogP contribution in [-0.2, 0) is 14.3 Å². The van der Waals surface area contributed by atoms with Crippen LogP contribution in [0.15, 0.2) is 5.10 Å². The van der Waals surface area contributed by atoms with Crippen molar-refractivity contribution in [2.24, 2.45) is 10.5 Å². The lowest BCUT2D eigenvalue weighted by Gasteiger charge is -2.16. The molecule has 0 unspecified atom stereocenters. The Labute approximate surface area is 95.4 Å². The lowest BCUT2D eigenvalue weighted by atomic mass is 9.88. The van der Waals surface area contributed by atoms with E-state index in [1.165, 1.54) is 5.01 Å². The minimum atomic E-state index is -0.422. The van der Waals surface area contributed by atoms with E-state index in [0.29, 0.717) is 13.0 Å². The van der Waals surface area contributed by atoms with E-state index in [1.807, 2.05) is 20.8 Å². The molecule has 16 heavy (non-hydrogen) atoms. The van der Waals surface area contributed by atoms with Gasteiger partial charge in [0.15, 0.2) is 0 Å². The molecule has 5 heteroatoms. The molecule has 0 saturated carbocycles. The second-order valence-electron chi connectivity index (χ2n) is 4.73. The molecular weight excluding hydrogens is 208 g/mol. The van der Waals surface area contributed by atoms with Crippen LogP contribution in [0.4, 0.5) is 0 Å². The van der Waals surface area contributed by atoms with E-state index >= 15 is 0 Å². The van der Waals surface area contributed by atoms with Gasteiger partial charge in [-0.1, -0.05) is 20.8 Å². The van der Waals surface area contributed by atoms with E-state index in [0.717, 1.165) is 5.71 Å². The summed E-state index contributed by atoms with van der Waals surface area (Å²) in [5.74, 6) is -0.562. The first-order chi connectivity index (χ1) is 7.34. The molecule has 5 nitrogen and oxygen atoms in total. The monoisotopic (exact) mass is 226 g/mol. The van der Waals surface area contributed by atoms with Crippen LogP contribution in [-0.4, -0.2) is 35.7 Å². The Hall–Kier alpha value is -1.39. The Balaban J connectivity index is 2.65. The lowest BCUT2D eigenvalue weighted by molar-refractivity contribution is -0.148. The molecule has 1 heterocycles. The zero-order valence-corrected chi connectivity index (χ0v) is 10.2. The van der Waals surface area contributed by atoms with Crippen LogP contribution in [0.2, 0.25) is 0 Å². The van der Waals surface area contributed by atoms with E-state index in [9.17, 15) is 9.59 Å². The van der Waals surface area contributed by atoms with Crippen LogP contribution in [0.5, 0.6) is 0 Å². The van der Waals surface area contributed by atoms with Crippen LogP contribution >= 0.6 is 0 Å². The van der Waals surface area contributed by atoms with Gasteiger partial charge in [0.25, 0.3) is 0 Å². The second kappa shape index (κ2) is 4.63. The highest BCUT2D eigenvalue weighted by molar-refractivity contribution is 6.07. The molecule has 0 saturated heterocycles. The Morgan fingerprint density at radius 3 is 2.56 bits per heavy atom. The largest absolute Gasteiger partial charge is 0.465 e. The minimum Gasteiger partial charge on any atom is -0.465 e. The van der Waals surface area contributed by atoms with Crippen molar-refractivity contribution in [3.63, 3.8) is 0 Å². The quantitative estimate of drug-likeness (QED) is 0.679. The molecule has 0 atom stereocenters. The van der Waals surface area contributed by atoms with Gasteiger partial charge in [0, 0.05) is 5.41 Å². The maximum Gasteiger partial charge on any atom is 0.327 e. The third kappa shape index (κ3) is 3.05. The van der Waals surface area contributed by atoms with Crippen molar-refractivity contribution in [2.45, 2.75) is 34.1 Å². The van der Waals surface area contributed by atoms with Crippen LogP contribution in [0.3, 0.4) is 0 Å². The molecule has 0 fully saturated rings. The molecule has 0 spiro atoms. The normalized spacial score (nSPS) is 16.4. The summed E-state index contributed by atoms with van der Waals surface area (Å²) in [6, 6.07) is 0. The topological polar surface area (TPSA) is 59.0 Å². The number of carbonyl (C=O) groups is 2. The third-order valence-electron chi connectivity index (χ3n) is 2.30. The standard InChI is InChI=1S/C11H18N2O3/c1-5-16-10(15)7-13-9(14)6-8(12-13)11(2,3)4/h5-7H2,1-4H3. The maximum absolute atomic E-state index is 11.6. The number of hydrogen-bond acceptors (Lipinski definition) is 4. The second-order valence-corrected chi connectivity index (χ2v) is 4.73. The van der Waals surface area contributed by atoms with Crippen molar-refractivity contribution >= 4 is 17.6 Å². The van der Waals surface area contributed by atoms with E-state index in [4.69, 9.17) is 4.74 Å². The number of amides is 1. The summed E-state index contributed by atoms with van der Waals surface area (Å²) < 4.78 is 4.77. The van der Waals surface area contributed by atoms with Gasteiger partial charge < -0.3 is 4.74 Å². The van der Waals surface area contributed by atoms with Gasteiger partial charge in [0.1, 0.15) is 6.54 Å². The predicted molar refractivity (Wildman–Crippen MR) is 59.9 cm³/mol. The highest BCUT2D eigenvalue weighted by Crippen LogP contribution is 2.23. The van der Waals surface area contributed by atoms with E-state index in [1.54, 1.807) is 6.92 Å². The van der Waals surface area contributed by atoms with Gasteiger partial charge in [-0.3, -0.25) is 9.59 Å². The Morgan fingerprint density at radius 1 is 1.50 bits per heavy atom. The number of nitrogens with zero attached hydrogens (tertiary/aromatic N) is 2. The fourth-order valence-electron chi connectivity index (χ4n) is 1.34. The lowest BCUT2D eigenvalue weighted by Crippen LogP contribution is -2.28. The van der Waals surface area contributed by atoms with Crippen molar-refractivity contribution < 1.29 is 14.3 Å². The molecule has 0 aromatic carbocycles. The van der Waals surface area contributed by atoms with Crippen molar-refractivity contribution in [3.8, 4) is 0 Å². The zero-order chi connectivity index (χ0) is 12.3. The van der Waals surface area contributed by atoms with Gasteiger partial charge in [-0.25, -0.2) is 5.01 Å². The van der Waals surface area contributed by atoms with Gasteiger partial charge in [-0.2, -0.15) is 5.10 Å². The number of carbonyl (C=O) groups excluding carboxylic acids is 2. The molecule has 0 bridgehead atoms. The van der Waals surface area contributed by atoms with Crippen molar-refractivity contribution in [1.82, 2.24) is 5.01 Å². The average molecular weight is 226 g/mol. The minimum absolute atomic E-state index is 0.0910. The highest BCUT2D eigenvalue weighted by Gasteiger charge is 2.32. The molecule has 0 radical (unpaired) electrons. The molecule has 90 valence electrons. The molecule has 0 aromatic heterocycles. The summed E-state index contributed by atoms with van der Waals surface area (Å²) in [5.41, 5.74) is 0.667. The number of esters is 1. The Kier molecular flexibility index (Phi) is 3.67. The fourth-order valence-corrected chi connectivity index (χ4v) is 1.34. The Morgan fingerprint density at radius 2 is 2.12 bits per heavy atom. The number of hydrazone groups is 1. The van der Waals surface area contributed by atoms with Gasteiger partial charge in [0.2, 0.25) is 5.91 Å². The van der Waals surface area contributed by atoms with E-state index in [-0.39, 0.29) is 17.9 Å². The van der Waals surface area contributed by atoms with Crippen LogP contribution in [0.1, 0.15) is 34.1 Å².